The first-order valence-electron chi connectivity index (χ1n) is 8.24. The average Bonchev–Trinajstić information content (AvgIpc) is 3.34. The molecule has 0 saturated carbocycles. The molecule has 3 heterocycles. The highest BCUT2D eigenvalue weighted by molar-refractivity contribution is 8.27. The lowest BCUT2D eigenvalue weighted by Gasteiger charge is -2.18. The van der Waals surface area contributed by atoms with Gasteiger partial charge in [0, 0.05) is 28.4 Å². The minimum atomic E-state index is 0.767. The number of aromatic nitrogens is 1. The molecule has 0 amide bonds. The van der Waals surface area contributed by atoms with E-state index in [1.54, 1.807) is 34.4 Å². The van der Waals surface area contributed by atoms with E-state index in [4.69, 9.17) is 12.2 Å². The summed E-state index contributed by atoms with van der Waals surface area (Å²) in [5, 5.41) is 6.28. The molecule has 0 bridgehead atoms. The van der Waals surface area contributed by atoms with Gasteiger partial charge in [-0.2, -0.15) is 0 Å². The van der Waals surface area contributed by atoms with Gasteiger partial charge in [0.05, 0.1) is 15.6 Å². The summed E-state index contributed by atoms with van der Waals surface area (Å²) in [4.78, 5) is 9.07. The Morgan fingerprint density at radius 3 is 2.93 bits per heavy atom. The molecule has 1 aliphatic heterocycles. The summed E-state index contributed by atoms with van der Waals surface area (Å²) in [6.07, 6.45) is 2.94. The summed E-state index contributed by atoms with van der Waals surface area (Å²) in [6, 6.07) is 12.3. The smallest absolute Gasteiger partial charge is 0.188 e. The highest BCUT2D eigenvalue weighted by Gasteiger charge is 2.27. The van der Waals surface area contributed by atoms with E-state index in [-0.39, 0.29) is 0 Å². The van der Waals surface area contributed by atoms with Gasteiger partial charge in [-0.25, -0.2) is 4.98 Å². The molecule has 0 aliphatic carbocycles. The molecule has 1 N–H and O–H groups in total. The van der Waals surface area contributed by atoms with Gasteiger partial charge in [0.15, 0.2) is 5.13 Å². The van der Waals surface area contributed by atoms with Crippen LogP contribution in [0, 0.1) is 0 Å². The number of thiazole rings is 1. The van der Waals surface area contributed by atoms with E-state index in [1.165, 1.54) is 9.58 Å². The van der Waals surface area contributed by atoms with Crippen molar-refractivity contribution < 1.29 is 0 Å². The van der Waals surface area contributed by atoms with Crippen molar-refractivity contribution in [2.75, 3.05) is 11.9 Å². The number of para-hydroxylation sites is 1. The van der Waals surface area contributed by atoms with E-state index in [0.29, 0.717) is 0 Å². The Balaban J connectivity index is 1.37. The molecule has 1 saturated heterocycles. The summed E-state index contributed by atoms with van der Waals surface area (Å²) in [6.45, 7) is 4.92. The second-order valence-electron chi connectivity index (χ2n) is 5.86. The molecule has 27 heavy (non-hydrogen) atoms. The van der Waals surface area contributed by atoms with Crippen molar-refractivity contribution in [2.24, 2.45) is 0 Å². The molecule has 1 fully saturated rings. The maximum absolute atomic E-state index is 5.55. The summed E-state index contributed by atoms with van der Waals surface area (Å²) in [7, 11) is 3.77. The Labute approximate surface area is 178 Å². The molecule has 1 aliphatic rings. The first-order chi connectivity index (χ1) is 13.1. The van der Waals surface area contributed by atoms with Crippen LogP contribution in [-0.2, 0) is 0 Å². The molecule has 0 spiro atoms. The third-order valence-electron chi connectivity index (χ3n) is 3.95. The molecule has 4 rings (SSSR count). The highest BCUT2D eigenvalue weighted by atomic mass is 32.2. The molecule has 3 nitrogen and oxygen atoms in total. The van der Waals surface area contributed by atoms with Crippen molar-refractivity contribution in [3.05, 3.63) is 63.8 Å². The largest absolute Gasteiger partial charge is 0.336 e. The predicted octanol–water partition coefficient (Wildman–Crippen LogP) is 6.32. The van der Waals surface area contributed by atoms with Crippen LogP contribution >= 0.6 is 55.5 Å². The summed E-state index contributed by atoms with van der Waals surface area (Å²) in [5.74, 6) is 0. The Kier molecular flexibility index (Phi) is 5.76. The van der Waals surface area contributed by atoms with Gasteiger partial charge < -0.3 is 10.2 Å². The van der Waals surface area contributed by atoms with Gasteiger partial charge in [0.2, 0.25) is 0 Å². The van der Waals surface area contributed by atoms with Crippen LogP contribution in [0.2, 0.25) is 0 Å². The second kappa shape index (κ2) is 8.25. The van der Waals surface area contributed by atoms with Crippen molar-refractivity contribution in [1.29, 1.82) is 0 Å². The molecule has 0 atom stereocenters. The minimum absolute atomic E-state index is 0.767. The number of fused-ring (bicyclic) bond motifs is 1. The van der Waals surface area contributed by atoms with E-state index < -0.39 is 0 Å². The monoisotopic (exact) mass is 445 g/mol. The molecule has 8 heteroatoms. The van der Waals surface area contributed by atoms with Crippen LogP contribution in [0.5, 0.6) is 0 Å². The number of rotatable bonds is 6. The van der Waals surface area contributed by atoms with Gasteiger partial charge in [-0.1, -0.05) is 69.0 Å². The van der Waals surface area contributed by atoms with Crippen LogP contribution in [0.1, 0.15) is 11.3 Å². The average molecular weight is 446 g/mol. The lowest BCUT2D eigenvalue weighted by Crippen LogP contribution is -2.28. The number of nitrogens with zero attached hydrogens (tertiary/aromatic N) is 2. The van der Waals surface area contributed by atoms with Crippen LogP contribution in [0.4, 0.5) is 5.13 Å². The molecule has 0 unspecified atom stereocenters. The van der Waals surface area contributed by atoms with Crippen LogP contribution in [0.15, 0.2) is 59.0 Å². The van der Waals surface area contributed by atoms with Gasteiger partial charge in [-0.05, 0) is 29.7 Å². The standard InChI is InChI=1S/C19H16N3PS4/c1-12(20-18-21-14-6-2-3-7-15(14)26-18)8-9-22-17(23)16(27-19(22)24)11-13-5-4-10-25-13/h2-7,10-11,23H,1,8-9H2,(H,20,21)/b16-11-. The maximum atomic E-state index is 5.55. The third kappa shape index (κ3) is 4.33. The molecule has 136 valence electrons. The minimum Gasteiger partial charge on any atom is -0.336 e. The first-order valence-corrected chi connectivity index (χ1v) is 11.7. The lowest BCUT2D eigenvalue weighted by molar-refractivity contribution is 0.638. The topological polar surface area (TPSA) is 28.2 Å². The lowest BCUT2D eigenvalue weighted by atomic mass is 10.3. The number of thiophene rings is 1. The zero-order valence-electron chi connectivity index (χ0n) is 14.3. The van der Waals surface area contributed by atoms with Crippen molar-refractivity contribution in [3.8, 4) is 0 Å². The number of thiocarbonyl (C=S) groups is 1. The van der Waals surface area contributed by atoms with Crippen LogP contribution in [0.3, 0.4) is 0 Å². The maximum Gasteiger partial charge on any atom is 0.188 e. The number of hydrogen-bond donors (Lipinski definition) is 1. The van der Waals surface area contributed by atoms with Crippen molar-refractivity contribution in [3.63, 3.8) is 0 Å². The second-order valence-corrected chi connectivity index (χ2v) is 10.0. The molecule has 3 aromatic rings. The van der Waals surface area contributed by atoms with Crippen molar-refractivity contribution >= 4 is 86.7 Å². The highest BCUT2D eigenvalue weighted by Crippen LogP contribution is 2.35. The van der Waals surface area contributed by atoms with Gasteiger partial charge in [0.1, 0.15) is 4.32 Å². The molecular weight excluding hydrogens is 429 g/mol. The summed E-state index contributed by atoms with van der Waals surface area (Å²) < 4.78 is 2.03. The zero-order chi connectivity index (χ0) is 18.8. The third-order valence-corrected chi connectivity index (χ3v) is 7.84. The predicted molar refractivity (Wildman–Crippen MR) is 130 cm³/mol. The zero-order valence-corrected chi connectivity index (χ0v) is 18.5. The fourth-order valence-electron chi connectivity index (χ4n) is 2.61. The number of hydrogen-bond acceptors (Lipinski definition) is 6. The van der Waals surface area contributed by atoms with E-state index in [9.17, 15) is 0 Å². The Hall–Kier alpha value is -1.50. The van der Waals surface area contributed by atoms with Gasteiger partial charge in [-0.3, -0.25) is 0 Å². The summed E-state index contributed by atoms with van der Waals surface area (Å²) in [5.41, 5.74) is 2.96. The fourth-order valence-corrected chi connectivity index (χ4v) is 6.19. The summed E-state index contributed by atoms with van der Waals surface area (Å²) >= 11 is 10.5. The Bertz CT molecular complexity index is 1020. The Morgan fingerprint density at radius 1 is 1.30 bits per heavy atom. The number of anilines is 1. The van der Waals surface area contributed by atoms with E-state index >= 15 is 0 Å². The van der Waals surface area contributed by atoms with Gasteiger partial charge in [-0.15, -0.1) is 11.3 Å². The van der Waals surface area contributed by atoms with E-state index in [0.717, 1.165) is 44.0 Å². The van der Waals surface area contributed by atoms with Crippen molar-refractivity contribution in [2.45, 2.75) is 6.42 Å². The van der Waals surface area contributed by atoms with Crippen LogP contribution in [0.25, 0.3) is 16.3 Å². The van der Waals surface area contributed by atoms with Gasteiger partial charge in [0.25, 0.3) is 0 Å². The molecule has 0 radical (unpaired) electrons. The number of benzene rings is 1. The fraction of sp³-hybridized carbons (Fsp3) is 0.105. The normalized spacial score (nSPS) is 15.9. The van der Waals surface area contributed by atoms with Crippen LogP contribution in [-0.4, -0.2) is 26.2 Å². The van der Waals surface area contributed by atoms with Crippen molar-refractivity contribution in [1.82, 2.24) is 9.88 Å². The molecular formula is C19H16N3PS4. The number of thioether (sulfide) groups is 1. The Morgan fingerprint density at radius 2 is 2.15 bits per heavy atom. The first kappa shape index (κ1) is 18.8. The van der Waals surface area contributed by atoms with E-state index in [2.05, 4.69) is 60.3 Å². The molecule has 2 aromatic heterocycles. The number of nitrogens with one attached hydrogen (secondary N) is 1. The quantitative estimate of drug-likeness (QED) is 0.354. The SMILES string of the molecule is C=C(CCN1C(=P)/C(=C/c2cccs2)SC1=S)Nc1nc2ccccc2s1. The van der Waals surface area contributed by atoms with E-state index in [1.807, 2.05) is 18.2 Å². The van der Waals surface area contributed by atoms with Crippen LogP contribution < -0.4 is 5.32 Å². The van der Waals surface area contributed by atoms with Gasteiger partial charge >= 0.3 is 0 Å². The molecule has 1 aromatic carbocycles.